The van der Waals surface area contributed by atoms with Crippen LogP contribution in [0.25, 0.3) is 6.08 Å². The average molecular weight is 206 g/mol. The van der Waals surface area contributed by atoms with Gasteiger partial charge in [-0.05, 0) is 23.8 Å². The Balaban J connectivity index is 3.07. The van der Waals surface area contributed by atoms with Gasteiger partial charge in [0.25, 0.3) is 0 Å². The van der Waals surface area contributed by atoms with Crippen molar-refractivity contribution in [2.45, 2.75) is 0 Å². The zero-order valence-electron chi connectivity index (χ0n) is 8.14. The summed E-state index contributed by atoms with van der Waals surface area (Å²) in [5.41, 5.74) is 0.944. The Labute approximate surface area is 86.8 Å². The van der Waals surface area contributed by atoms with Gasteiger partial charge in [-0.3, -0.25) is 4.79 Å². The topological polar surface area (TPSA) is 63.6 Å². The van der Waals surface area contributed by atoms with E-state index in [-0.39, 0.29) is 0 Å². The molecule has 0 saturated carbocycles. The van der Waals surface area contributed by atoms with Crippen LogP contribution >= 0.6 is 0 Å². The maximum atomic E-state index is 10.7. The first-order valence-electron chi connectivity index (χ1n) is 4.21. The standard InChI is InChI=1S/C11H10O4/c1-15-10-4-2-8(3-5-11(13)14)9(6-10)7-12/h2-7H,1H3,(H,13,14). The van der Waals surface area contributed by atoms with E-state index in [0.717, 1.165) is 6.08 Å². The first-order chi connectivity index (χ1) is 7.17. The number of carbonyl (C=O) groups excluding carboxylic acids is 1. The van der Waals surface area contributed by atoms with Crippen molar-refractivity contribution in [3.8, 4) is 5.75 Å². The van der Waals surface area contributed by atoms with Gasteiger partial charge in [-0.2, -0.15) is 0 Å². The highest BCUT2D eigenvalue weighted by atomic mass is 16.5. The Hall–Kier alpha value is -2.10. The van der Waals surface area contributed by atoms with E-state index in [1.165, 1.54) is 13.2 Å². The summed E-state index contributed by atoms with van der Waals surface area (Å²) in [6.07, 6.45) is 3.00. The molecule has 0 atom stereocenters. The number of carboxylic acid groups (broad SMARTS) is 1. The lowest BCUT2D eigenvalue weighted by atomic mass is 10.1. The minimum absolute atomic E-state index is 0.395. The first kappa shape index (κ1) is 11.0. The fourth-order valence-electron chi connectivity index (χ4n) is 1.09. The molecule has 4 heteroatoms. The van der Waals surface area contributed by atoms with Crippen LogP contribution < -0.4 is 4.74 Å². The summed E-state index contributed by atoms with van der Waals surface area (Å²) in [4.78, 5) is 21.0. The number of hydrogen-bond acceptors (Lipinski definition) is 3. The number of carboxylic acids is 1. The number of hydrogen-bond donors (Lipinski definition) is 1. The van der Waals surface area contributed by atoms with E-state index in [2.05, 4.69) is 0 Å². The summed E-state index contributed by atoms with van der Waals surface area (Å²) in [6, 6.07) is 4.84. The van der Waals surface area contributed by atoms with Crippen LogP contribution in [0.3, 0.4) is 0 Å². The summed E-state index contributed by atoms with van der Waals surface area (Å²) in [5.74, 6) is -0.493. The summed E-state index contributed by atoms with van der Waals surface area (Å²) in [6.45, 7) is 0. The van der Waals surface area contributed by atoms with Crippen LogP contribution in [0.5, 0.6) is 5.75 Å². The van der Waals surface area contributed by atoms with Crippen molar-refractivity contribution < 1.29 is 19.4 Å². The Bertz CT molecular complexity index is 407. The Morgan fingerprint density at radius 3 is 2.67 bits per heavy atom. The smallest absolute Gasteiger partial charge is 0.328 e. The van der Waals surface area contributed by atoms with Crippen LogP contribution in [-0.4, -0.2) is 24.5 Å². The first-order valence-corrected chi connectivity index (χ1v) is 4.21. The number of methoxy groups -OCH3 is 1. The molecule has 0 radical (unpaired) electrons. The summed E-state index contributed by atoms with van der Waals surface area (Å²) in [7, 11) is 1.50. The van der Waals surface area contributed by atoms with Gasteiger partial charge in [0.05, 0.1) is 7.11 Å². The van der Waals surface area contributed by atoms with Crippen LogP contribution in [0, 0.1) is 0 Å². The van der Waals surface area contributed by atoms with Crippen LogP contribution in [0.2, 0.25) is 0 Å². The molecule has 15 heavy (non-hydrogen) atoms. The lowest BCUT2D eigenvalue weighted by Gasteiger charge is -2.02. The number of ether oxygens (including phenoxy) is 1. The molecule has 0 bridgehead atoms. The molecule has 4 nitrogen and oxygen atoms in total. The van der Waals surface area contributed by atoms with Crippen LogP contribution in [0.15, 0.2) is 24.3 Å². The predicted molar refractivity (Wildman–Crippen MR) is 55.1 cm³/mol. The summed E-state index contributed by atoms with van der Waals surface area (Å²) in [5, 5.41) is 8.44. The number of carbonyl (C=O) groups is 2. The Morgan fingerprint density at radius 2 is 2.13 bits per heavy atom. The van der Waals surface area contributed by atoms with E-state index >= 15 is 0 Å². The molecule has 0 spiro atoms. The molecule has 0 aliphatic rings. The van der Waals surface area contributed by atoms with Crippen molar-refractivity contribution in [1.29, 1.82) is 0 Å². The fraction of sp³-hybridized carbons (Fsp3) is 0.0909. The van der Waals surface area contributed by atoms with Crippen LogP contribution in [-0.2, 0) is 4.79 Å². The van der Waals surface area contributed by atoms with Crippen molar-refractivity contribution >= 4 is 18.3 Å². The van der Waals surface area contributed by atoms with Gasteiger partial charge in [0, 0.05) is 11.6 Å². The molecule has 1 aromatic carbocycles. The van der Waals surface area contributed by atoms with Gasteiger partial charge < -0.3 is 9.84 Å². The van der Waals surface area contributed by atoms with Crippen molar-refractivity contribution in [2.75, 3.05) is 7.11 Å². The molecule has 0 aliphatic carbocycles. The highest BCUT2D eigenvalue weighted by Crippen LogP contribution is 2.17. The SMILES string of the molecule is COc1ccc(C=CC(=O)O)c(C=O)c1. The monoisotopic (exact) mass is 206 g/mol. The van der Waals surface area contributed by atoms with Gasteiger partial charge >= 0.3 is 5.97 Å². The summed E-state index contributed by atoms with van der Waals surface area (Å²) < 4.78 is 4.94. The molecule has 78 valence electrons. The van der Waals surface area contributed by atoms with Crippen LogP contribution in [0.4, 0.5) is 0 Å². The third kappa shape index (κ3) is 2.95. The van der Waals surface area contributed by atoms with Crippen LogP contribution in [0.1, 0.15) is 15.9 Å². The second kappa shape index (κ2) is 4.95. The third-order valence-corrected chi connectivity index (χ3v) is 1.83. The molecule has 0 saturated heterocycles. The molecule has 1 N–H and O–H groups in total. The zero-order chi connectivity index (χ0) is 11.3. The van der Waals surface area contributed by atoms with E-state index in [4.69, 9.17) is 9.84 Å². The molecule has 0 aromatic heterocycles. The van der Waals surface area contributed by atoms with E-state index in [1.54, 1.807) is 18.2 Å². The highest BCUT2D eigenvalue weighted by molar-refractivity contribution is 5.89. The van der Waals surface area contributed by atoms with Gasteiger partial charge in [-0.15, -0.1) is 0 Å². The molecule has 1 aromatic rings. The van der Waals surface area contributed by atoms with E-state index in [0.29, 0.717) is 23.2 Å². The number of benzene rings is 1. The third-order valence-electron chi connectivity index (χ3n) is 1.83. The quantitative estimate of drug-likeness (QED) is 0.600. The second-order valence-electron chi connectivity index (χ2n) is 2.78. The van der Waals surface area contributed by atoms with Gasteiger partial charge in [-0.1, -0.05) is 6.07 Å². The van der Waals surface area contributed by atoms with Crippen molar-refractivity contribution in [1.82, 2.24) is 0 Å². The normalized spacial score (nSPS) is 10.2. The molecule has 0 amide bonds. The average Bonchev–Trinajstić information content (AvgIpc) is 2.25. The Kier molecular flexibility index (Phi) is 3.62. The zero-order valence-corrected chi connectivity index (χ0v) is 8.14. The largest absolute Gasteiger partial charge is 0.497 e. The number of rotatable bonds is 4. The minimum atomic E-state index is -1.05. The van der Waals surface area contributed by atoms with E-state index < -0.39 is 5.97 Å². The Morgan fingerprint density at radius 1 is 1.40 bits per heavy atom. The van der Waals surface area contributed by atoms with E-state index in [1.807, 2.05) is 0 Å². The lowest BCUT2D eigenvalue weighted by molar-refractivity contribution is -0.131. The van der Waals surface area contributed by atoms with Crippen molar-refractivity contribution in [2.24, 2.45) is 0 Å². The summed E-state index contributed by atoms with van der Waals surface area (Å²) >= 11 is 0. The van der Waals surface area contributed by atoms with Crippen molar-refractivity contribution in [3.05, 3.63) is 35.4 Å². The highest BCUT2D eigenvalue weighted by Gasteiger charge is 2.01. The van der Waals surface area contributed by atoms with Gasteiger partial charge in [0.2, 0.25) is 0 Å². The van der Waals surface area contributed by atoms with Gasteiger partial charge in [0.15, 0.2) is 6.29 Å². The molecular formula is C11H10O4. The predicted octanol–water partition coefficient (Wildman–Crippen LogP) is 1.61. The van der Waals surface area contributed by atoms with Crippen molar-refractivity contribution in [3.63, 3.8) is 0 Å². The number of aldehydes is 1. The van der Waals surface area contributed by atoms with Gasteiger partial charge in [0.1, 0.15) is 5.75 Å². The van der Waals surface area contributed by atoms with Gasteiger partial charge in [-0.25, -0.2) is 4.79 Å². The second-order valence-corrected chi connectivity index (χ2v) is 2.78. The molecule has 0 aliphatic heterocycles. The maximum Gasteiger partial charge on any atom is 0.328 e. The molecule has 0 heterocycles. The molecule has 0 unspecified atom stereocenters. The molecule has 1 rings (SSSR count). The molecular weight excluding hydrogens is 196 g/mol. The number of aliphatic carboxylic acids is 1. The molecule has 0 fully saturated rings. The maximum absolute atomic E-state index is 10.7. The fourth-order valence-corrected chi connectivity index (χ4v) is 1.09. The lowest BCUT2D eigenvalue weighted by Crippen LogP contribution is -1.91. The minimum Gasteiger partial charge on any atom is -0.497 e. The van der Waals surface area contributed by atoms with E-state index in [9.17, 15) is 9.59 Å².